The van der Waals surface area contributed by atoms with Gasteiger partial charge < -0.3 is 15.5 Å². The first kappa shape index (κ1) is 22.3. The highest BCUT2D eigenvalue weighted by atomic mass is 16.2. The molecule has 1 aromatic rings. The van der Waals surface area contributed by atoms with Crippen LogP contribution in [0.2, 0.25) is 0 Å². The monoisotopic (exact) mass is 440 g/mol. The lowest BCUT2D eigenvalue weighted by molar-refractivity contribution is -0.136. The number of benzene rings is 1. The number of hydrogen-bond acceptors (Lipinski definition) is 4. The Morgan fingerprint density at radius 2 is 1.88 bits per heavy atom. The third-order valence-corrected chi connectivity index (χ3v) is 7.21. The molecule has 1 aliphatic carbocycles. The smallest absolute Gasteiger partial charge is 0.325 e. The van der Waals surface area contributed by atoms with Gasteiger partial charge in [0.1, 0.15) is 11.6 Å². The third-order valence-electron chi connectivity index (χ3n) is 7.21. The Morgan fingerprint density at radius 1 is 1.16 bits per heavy atom. The molecule has 3 fully saturated rings. The number of nitrogens with one attached hydrogen (secondary N) is 2. The van der Waals surface area contributed by atoms with E-state index >= 15 is 0 Å². The van der Waals surface area contributed by atoms with Crippen molar-refractivity contribution in [1.29, 1.82) is 0 Å². The molecule has 8 nitrogen and oxygen atoms in total. The molecule has 0 aromatic heterocycles. The zero-order chi connectivity index (χ0) is 23.0. The number of aryl methyl sites for hydroxylation is 1. The summed E-state index contributed by atoms with van der Waals surface area (Å²) < 4.78 is 0. The number of hydrogen-bond donors (Lipinski definition) is 2. The van der Waals surface area contributed by atoms with Gasteiger partial charge in [-0.1, -0.05) is 12.8 Å². The molecular formula is C24H32N4O4. The number of likely N-dealkylation sites (tertiary alicyclic amines) is 1. The Balaban J connectivity index is 1.44. The van der Waals surface area contributed by atoms with Gasteiger partial charge in [-0.25, -0.2) is 9.69 Å². The zero-order valence-electron chi connectivity index (χ0n) is 19.1. The van der Waals surface area contributed by atoms with Gasteiger partial charge in [0.15, 0.2) is 0 Å². The number of piperidine rings is 1. The zero-order valence-corrected chi connectivity index (χ0v) is 19.1. The fraction of sp³-hybridized carbons (Fsp3) is 0.583. The van der Waals surface area contributed by atoms with Gasteiger partial charge in [-0.3, -0.25) is 14.4 Å². The maximum absolute atomic E-state index is 12.9. The van der Waals surface area contributed by atoms with E-state index < -0.39 is 23.5 Å². The maximum atomic E-state index is 12.9. The van der Waals surface area contributed by atoms with Crippen molar-refractivity contribution < 1.29 is 19.2 Å². The summed E-state index contributed by atoms with van der Waals surface area (Å²) in [5.41, 5.74) is 1.08. The quantitative estimate of drug-likeness (QED) is 0.703. The molecule has 2 unspecified atom stereocenters. The minimum absolute atomic E-state index is 0.00717. The van der Waals surface area contributed by atoms with Crippen LogP contribution in [0.4, 0.5) is 10.5 Å². The average molecular weight is 441 g/mol. The van der Waals surface area contributed by atoms with Crippen LogP contribution in [0.3, 0.4) is 0 Å². The van der Waals surface area contributed by atoms with Crippen molar-refractivity contribution in [2.24, 2.45) is 0 Å². The number of carbonyl (C=O) groups is 4. The van der Waals surface area contributed by atoms with Crippen LogP contribution in [0.25, 0.3) is 0 Å². The lowest BCUT2D eigenvalue weighted by Crippen LogP contribution is -2.48. The second-order valence-corrected chi connectivity index (χ2v) is 9.43. The molecule has 0 bridgehead atoms. The summed E-state index contributed by atoms with van der Waals surface area (Å²) >= 11 is 0. The normalized spacial score (nSPS) is 23.4. The minimum atomic E-state index is -0.933. The lowest BCUT2D eigenvalue weighted by Gasteiger charge is -2.33. The highest BCUT2D eigenvalue weighted by molar-refractivity contribution is 6.11. The Labute approximate surface area is 188 Å². The van der Waals surface area contributed by atoms with Crippen molar-refractivity contribution in [2.75, 3.05) is 11.9 Å². The Kier molecular flexibility index (Phi) is 5.97. The molecule has 32 heavy (non-hydrogen) atoms. The predicted molar refractivity (Wildman–Crippen MR) is 120 cm³/mol. The number of nitrogens with zero attached hydrogens (tertiary/aromatic N) is 2. The summed E-state index contributed by atoms with van der Waals surface area (Å²) in [7, 11) is 0. The number of amides is 5. The summed E-state index contributed by atoms with van der Waals surface area (Å²) in [5, 5.41) is 5.63. The largest absolute Gasteiger partial charge is 0.336 e. The van der Waals surface area contributed by atoms with Crippen LogP contribution >= 0.6 is 0 Å². The minimum Gasteiger partial charge on any atom is -0.336 e. The summed E-state index contributed by atoms with van der Waals surface area (Å²) in [6.07, 6.45) is 6.19. The highest BCUT2D eigenvalue weighted by Crippen LogP contribution is 2.36. The van der Waals surface area contributed by atoms with E-state index in [1.165, 1.54) is 0 Å². The van der Waals surface area contributed by atoms with Crippen molar-refractivity contribution in [3.63, 3.8) is 0 Å². The van der Waals surface area contributed by atoms with E-state index in [9.17, 15) is 19.2 Å². The van der Waals surface area contributed by atoms with Crippen LogP contribution in [-0.4, -0.2) is 57.7 Å². The summed E-state index contributed by atoms with van der Waals surface area (Å²) in [5.74, 6) is -0.737. The van der Waals surface area contributed by atoms with Crippen LogP contribution in [0.5, 0.6) is 0 Å². The molecule has 5 amide bonds. The summed E-state index contributed by atoms with van der Waals surface area (Å²) in [6, 6.07) is 4.00. The van der Waals surface area contributed by atoms with Gasteiger partial charge in [0.25, 0.3) is 11.8 Å². The van der Waals surface area contributed by atoms with Gasteiger partial charge in [-0.2, -0.15) is 0 Å². The van der Waals surface area contributed by atoms with E-state index in [0.29, 0.717) is 24.1 Å². The molecule has 2 atom stereocenters. The van der Waals surface area contributed by atoms with Crippen molar-refractivity contribution in [3.8, 4) is 0 Å². The van der Waals surface area contributed by atoms with E-state index in [4.69, 9.17) is 0 Å². The first-order valence-electron chi connectivity index (χ1n) is 11.6. The van der Waals surface area contributed by atoms with Crippen molar-refractivity contribution >= 4 is 29.4 Å². The summed E-state index contributed by atoms with van der Waals surface area (Å²) in [6.45, 7) is 6.23. The molecule has 2 N–H and O–H groups in total. The van der Waals surface area contributed by atoms with Crippen molar-refractivity contribution in [1.82, 2.24) is 15.1 Å². The summed E-state index contributed by atoms with van der Waals surface area (Å²) in [4.78, 5) is 54.2. The van der Waals surface area contributed by atoms with Crippen LogP contribution in [0.15, 0.2) is 18.2 Å². The molecule has 4 rings (SSSR count). The van der Waals surface area contributed by atoms with Gasteiger partial charge >= 0.3 is 6.03 Å². The van der Waals surface area contributed by atoms with Crippen molar-refractivity contribution in [2.45, 2.75) is 83.3 Å². The topological polar surface area (TPSA) is 98.8 Å². The lowest BCUT2D eigenvalue weighted by atomic mass is 9.97. The van der Waals surface area contributed by atoms with Crippen LogP contribution in [0.1, 0.15) is 74.7 Å². The van der Waals surface area contributed by atoms with E-state index in [2.05, 4.69) is 17.6 Å². The Bertz CT molecular complexity index is 953. The molecule has 1 saturated carbocycles. The molecule has 172 valence electrons. The molecule has 1 spiro atoms. The Hall–Kier alpha value is -2.90. The SMILES string of the molecule is Cc1cc(C(=O)N2CCCCC2C)ccc1NC(=O)C(C)N1C(=O)NC2(CCCC2)C1=O. The van der Waals surface area contributed by atoms with Gasteiger partial charge in [-0.15, -0.1) is 0 Å². The maximum Gasteiger partial charge on any atom is 0.325 e. The second-order valence-electron chi connectivity index (χ2n) is 9.43. The number of imide groups is 1. The predicted octanol–water partition coefficient (Wildman–Crippen LogP) is 3.20. The molecule has 3 aliphatic rings. The highest BCUT2D eigenvalue weighted by Gasteiger charge is 2.54. The number of rotatable bonds is 4. The first-order valence-corrected chi connectivity index (χ1v) is 11.6. The molecule has 2 saturated heterocycles. The van der Waals surface area contributed by atoms with Crippen LogP contribution in [0, 0.1) is 6.92 Å². The van der Waals surface area contributed by atoms with Gasteiger partial charge in [0, 0.05) is 23.8 Å². The van der Waals surface area contributed by atoms with Crippen LogP contribution in [-0.2, 0) is 9.59 Å². The molecule has 2 aliphatic heterocycles. The molecule has 0 radical (unpaired) electrons. The average Bonchev–Trinajstić information content (AvgIpc) is 3.33. The van der Waals surface area contributed by atoms with Crippen molar-refractivity contribution in [3.05, 3.63) is 29.3 Å². The van der Waals surface area contributed by atoms with E-state index in [1.54, 1.807) is 25.1 Å². The van der Waals surface area contributed by atoms with Gasteiger partial charge in [-0.05, 0) is 76.6 Å². The molecule has 2 heterocycles. The number of urea groups is 1. The van der Waals surface area contributed by atoms with E-state index in [1.807, 2.05) is 11.8 Å². The van der Waals surface area contributed by atoms with Crippen LogP contribution < -0.4 is 10.6 Å². The van der Waals surface area contributed by atoms with E-state index in [-0.39, 0.29) is 17.9 Å². The molecule has 8 heteroatoms. The second kappa shape index (κ2) is 8.56. The molecule has 1 aromatic carbocycles. The fourth-order valence-electron chi connectivity index (χ4n) is 5.17. The third kappa shape index (κ3) is 3.87. The van der Waals surface area contributed by atoms with E-state index in [0.717, 1.165) is 49.1 Å². The van der Waals surface area contributed by atoms with Gasteiger partial charge in [0.2, 0.25) is 5.91 Å². The van der Waals surface area contributed by atoms with Gasteiger partial charge in [0.05, 0.1) is 0 Å². The number of carbonyl (C=O) groups excluding carboxylic acids is 4. The standard InChI is InChI=1S/C24H32N4O4/c1-15-14-18(21(30)27-13-7-4-8-16(27)2)9-10-19(15)25-20(29)17(3)28-22(31)24(26-23(28)32)11-5-6-12-24/h9-10,14,16-17H,4-8,11-13H2,1-3H3,(H,25,29)(H,26,32). The number of anilines is 1. The fourth-order valence-corrected chi connectivity index (χ4v) is 5.17. The molecular weight excluding hydrogens is 408 g/mol. The Morgan fingerprint density at radius 3 is 2.53 bits per heavy atom. The first-order chi connectivity index (χ1) is 15.2.